The van der Waals surface area contributed by atoms with Crippen LogP contribution in [0, 0.1) is 0 Å². The number of ether oxygens (including phenoxy) is 1. The van der Waals surface area contributed by atoms with E-state index in [-0.39, 0.29) is 0 Å². The standard InChI is InChI=1S/C8H16N2O4S/c1-14-8(11)9-15(12,13)10-6-4-2-3-5-7-10/h2-7H2,1H3,(H,9,11). The molecule has 0 spiro atoms. The minimum Gasteiger partial charge on any atom is -0.452 e. The molecule has 0 aliphatic carbocycles. The number of nitrogens with zero attached hydrogens (tertiary/aromatic N) is 1. The lowest BCUT2D eigenvalue weighted by atomic mass is 10.2. The van der Waals surface area contributed by atoms with E-state index >= 15 is 0 Å². The van der Waals surface area contributed by atoms with Crippen LogP contribution in [0.2, 0.25) is 0 Å². The summed E-state index contributed by atoms with van der Waals surface area (Å²) in [7, 11) is -2.58. The van der Waals surface area contributed by atoms with Crippen molar-refractivity contribution in [3.63, 3.8) is 0 Å². The van der Waals surface area contributed by atoms with Crippen molar-refractivity contribution in [2.45, 2.75) is 25.7 Å². The predicted molar refractivity (Wildman–Crippen MR) is 54.5 cm³/mol. The van der Waals surface area contributed by atoms with Crippen molar-refractivity contribution in [2.24, 2.45) is 0 Å². The minimum atomic E-state index is -3.71. The summed E-state index contributed by atoms with van der Waals surface area (Å²) < 4.78 is 30.6. The molecule has 0 atom stereocenters. The second kappa shape index (κ2) is 5.32. The Hall–Kier alpha value is -0.820. The number of rotatable bonds is 2. The summed E-state index contributed by atoms with van der Waals surface area (Å²) in [5.74, 6) is 0. The van der Waals surface area contributed by atoms with Crippen molar-refractivity contribution in [3.8, 4) is 0 Å². The third-order valence-electron chi connectivity index (χ3n) is 2.30. The van der Waals surface area contributed by atoms with E-state index in [1.54, 1.807) is 0 Å². The molecule has 1 amide bonds. The highest BCUT2D eigenvalue weighted by Gasteiger charge is 2.24. The normalized spacial score (nSPS) is 19.3. The van der Waals surface area contributed by atoms with Crippen LogP contribution < -0.4 is 4.72 Å². The fourth-order valence-electron chi connectivity index (χ4n) is 1.49. The van der Waals surface area contributed by atoms with Gasteiger partial charge in [-0.1, -0.05) is 12.8 Å². The molecular formula is C8H16N2O4S. The maximum absolute atomic E-state index is 11.6. The zero-order valence-corrected chi connectivity index (χ0v) is 9.55. The molecule has 7 heteroatoms. The van der Waals surface area contributed by atoms with Gasteiger partial charge in [0.25, 0.3) is 0 Å². The monoisotopic (exact) mass is 236 g/mol. The van der Waals surface area contributed by atoms with Gasteiger partial charge in [-0.05, 0) is 12.8 Å². The molecule has 0 aromatic heterocycles. The highest BCUT2D eigenvalue weighted by Crippen LogP contribution is 2.12. The van der Waals surface area contributed by atoms with Crippen molar-refractivity contribution in [1.82, 2.24) is 9.03 Å². The van der Waals surface area contributed by atoms with Crippen LogP contribution >= 0.6 is 0 Å². The van der Waals surface area contributed by atoms with Crippen molar-refractivity contribution in [1.29, 1.82) is 0 Å². The van der Waals surface area contributed by atoms with Crippen molar-refractivity contribution < 1.29 is 17.9 Å². The van der Waals surface area contributed by atoms with Gasteiger partial charge in [-0.15, -0.1) is 0 Å². The molecule has 1 heterocycles. The molecule has 6 nitrogen and oxygen atoms in total. The Morgan fingerprint density at radius 3 is 2.20 bits per heavy atom. The van der Waals surface area contributed by atoms with Crippen molar-refractivity contribution >= 4 is 16.3 Å². The highest BCUT2D eigenvalue weighted by molar-refractivity contribution is 7.87. The Bertz CT molecular complexity index is 307. The third kappa shape index (κ3) is 3.67. The molecule has 0 unspecified atom stereocenters. The molecule has 15 heavy (non-hydrogen) atoms. The Morgan fingerprint density at radius 2 is 1.73 bits per heavy atom. The number of hydrogen-bond donors (Lipinski definition) is 1. The Morgan fingerprint density at radius 1 is 1.20 bits per heavy atom. The largest absolute Gasteiger partial charge is 0.452 e. The van der Waals surface area contributed by atoms with Crippen LogP contribution in [-0.2, 0) is 14.9 Å². The van der Waals surface area contributed by atoms with Gasteiger partial charge < -0.3 is 4.74 Å². The van der Waals surface area contributed by atoms with Crippen LogP contribution in [0.25, 0.3) is 0 Å². The van der Waals surface area contributed by atoms with Gasteiger partial charge in [0.2, 0.25) is 0 Å². The summed E-state index contributed by atoms with van der Waals surface area (Å²) in [6.07, 6.45) is 2.79. The summed E-state index contributed by atoms with van der Waals surface area (Å²) in [5.41, 5.74) is 0. The van der Waals surface area contributed by atoms with E-state index in [0.29, 0.717) is 13.1 Å². The second-order valence-electron chi connectivity index (χ2n) is 3.41. The number of carbonyl (C=O) groups is 1. The van der Waals surface area contributed by atoms with Gasteiger partial charge in [0.05, 0.1) is 7.11 Å². The first-order valence-corrected chi connectivity index (χ1v) is 6.36. The Kier molecular flexibility index (Phi) is 4.34. The molecule has 1 rings (SSSR count). The van der Waals surface area contributed by atoms with Crippen LogP contribution in [0.1, 0.15) is 25.7 Å². The van der Waals surface area contributed by atoms with E-state index in [1.807, 2.05) is 4.72 Å². The average molecular weight is 236 g/mol. The first kappa shape index (κ1) is 12.3. The topological polar surface area (TPSA) is 75.7 Å². The van der Waals surface area contributed by atoms with Crippen LogP contribution in [-0.4, -0.2) is 39.0 Å². The Balaban J connectivity index is 2.62. The minimum absolute atomic E-state index is 0.465. The molecule has 88 valence electrons. The lowest BCUT2D eigenvalue weighted by molar-refractivity contribution is 0.177. The highest BCUT2D eigenvalue weighted by atomic mass is 32.2. The Labute approximate surface area is 89.8 Å². The molecule has 1 aliphatic rings. The maximum Gasteiger partial charge on any atom is 0.421 e. The fraction of sp³-hybridized carbons (Fsp3) is 0.875. The first-order valence-electron chi connectivity index (χ1n) is 4.92. The van der Waals surface area contributed by atoms with E-state index in [0.717, 1.165) is 32.8 Å². The summed E-state index contributed by atoms with van der Waals surface area (Å²) in [6.45, 7) is 0.929. The SMILES string of the molecule is COC(=O)NS(=O)(=O)N1CCCCCC1. The number of carbonyl (C=O) groups excluding carboxylic acids is 1. The van der Waals surface area contributed by atoms with Crippen LogP contribution in [0.3, 0.4) is 0 Å². The quantitative estimate of drug-likeness (QED) is 0.756. The van der Waals surface area contributed by atoms with Crippen molar-refractivity contribution in [3.05, 3.63) is 0 Å². The van der Waals surface area contributed by atoms with Crippen LogP contribution in [0.4, 0.5) is 4.79 Å². The molecule has 1 fully saturated rings. The van der Waals surface area contributed by atoms with E-state index in [4.69, 9.17) is 0 Å². The second-order valence-corrected chi connectivity index (χ2v) is 5.08. The molecule has 0 aromatic rings. The van der Waals surface area contributed by atoms with E-state index in [1.165, 1.54) is 4.31 Å². The van der Waals surface area contributed by atoms with Crippen LogP contribution in [0.15, 0.2) is 0 Å². The molecule has 0 bridgehead atoms. The maximum atomic E-state index is 11.6. The van der Waals surface area contributed by atoms with Gasteiger partial charge in [-0.2, -0.15) is 12.7 Å². The first-order chi connectivity index (χ1) is 7.06. The lowest BCUT2D eigenvalue weighted by Gasteiger charge is -2.19. The molecule has 0 radical (unpaired) electrons. The summed E-state index contributed by atoms with van der Waals surface area (Å²) in [5, 5.41) is 0. The van der Waals surface area contributed by atoms with Crippen molar-refractivity contribution in [2.75, 3.05) is 20.2 Å². The number of hydrogen-bond acceptors (Lipinski definition) is 4. The smallest absolute Gasteiger partial charge is 0.421 e. The van der Waals surface area contributed by atoms with Gasteiger partial charge in [-0.25, -0.2) is 9.52 Å². The van der Waals surface area contributed by atoms with Gasteiger partial charge in [0.15, 0.2) is 0 Å². The van der Waals surface area contributed by atoms with Gasteiger partial charge in [-0.3, -0.25) is 0 Å². The molecule has 0 aromatic carbocycles. The molecule has 0 saturated carbocycles. The predicted octanol–water partition coefficient (Wildman–Crippen LogP) is 0.463. The van der Waals surface area contributed by atoms with Gasteiger partial charge in [0, 0.05) is 13.1 Å². The lowest BCUT2D eigenvalue weighted by Crippen LogP contribution is -2.43. The van der Waals surface area contributed by atoms with Gasteiger partial charge in [0.1, 0.15) is 0 Å². The molecular weight excluding hydrogens is 220 g/mol. The zero-order chi connectivity index (χ0) is 11.3. The molecule has 1 saturated heterocycles. The average Bonchev–Trinajstić information content (AvgIpc) is 2.45. The molecule has 1 aliphatic heterocycles. The fourth-order valence-corrected chi connectivity index (χ4v) is 2.66. The summed E-state index contributed by atoms with van der Waals surface area (Å²) >= 11 is 0. The van der Waals surface area contributed by atoms with E-state index in [9.17, 15) is 13.2 Å². The summed E-state index contributed by atoms with van der Waals surface area (Å²) in [6, 6.07) is 0. The number of amides is 1. The van der Waals surface area contributed by atoms with E-state index in [2.05, 4.69) is 4.74 Å². The number of methoxy groups -OCH3 is 1. The van der Waals surface area contributed by atoms with E-state index < -0.39 is 16.3 Å². The molecule has 1 N–H and O–H groups in total. The van der Waals surface area contributed by atoms with Crippen LogP contribution in [0.5, 0.6) is 0 Å². The van der Waals surface area contributed by atoms with Gasteiger partial charge >= 0.3 is 16.3 Å². The zero-order valence-electron chi connectivity index (χ0n) is 8.73. The third-order valence-corrected chi connectivity index (χ3v) is 3.77. The summed E-state index contributed by atoms with van der Waals surface area (Å²) in [4.78, 5) is 10.8. The number of nitrogens with one attached hydrogen (secondary N) is 1.